The van der Waals surface area contributed by atoms with Crippen molar-refractivity contribution in [1.82, 2.24) is 10.1 Å². The molecule has 1 aromatic carbocycles. The molecule has 5 nitrogen and oxygen atoms in total. The number of hydrogen-bond acceptors (Lipinski definition) is 5. The van der Waals surface area contributed by atoms with Gasteiger partial charge in [0.1, 0.15) is 0 Å². The number of rotatable bonds is 9. The molecule has 2 heterocycles. The van der Waals surface area contributed by atoms with Crippen LogP contribution in [0.2, 0.25) is 0 Å². The van der Waals surface area contributed by atoms with Crippen LogP contribution in [0.5, 0.6) is 0 Å². The SMILES string of the molecule is CCCC(CCC)c1noc(-c2ccc(C=NC)c(CC3COC3)c2)n1. The van der Waals surface area contributed by atoms with Crippen molar-refractivity contribution in [2.75, 3.05) is 20.3 Å². The summed E-state index contributed by atoms with van der Waals surface area (Å²) in [6, 6.07) is 6.31. The van der Waals surface area contributed by atoms with Gasteiger partial charge in [-0.15, -0.1) is 0 Å². The van der Waals surface area contributed by atoms with E-state index in [1.807, 2.05) is 12.3 Å². The summed E-state index contributed by atoms with van der Waals surface area (Å²) in [5, 5.41) is 4.27. The van der Waals surface area contributed by atoms with Crippen molar-refractivity contribution in [3.63, 3.8) is 0 Å². The first kappa shape index (κ1) is 18.8. The second-order valence-corrected chi connectivity index (χ2v) is 7.14. The van der Waals surface area contributed by atoms with Crippen LogP contribution in [0.4, 0.5) is 0 Å². The zero-order valence-corrected chi connectivity index (χ0v) is 16.1. The van der Waals surface area contributed by atoms with E-state index in [0.717, 1.165) is 62.3 Å². The van der Waals surface area contributed by atoms with Crippen LogP contribution >= 0.6 is 0 Å². The zero-order valence-electron chi connectivity index (χ0n) is 16.1. The fourth-order valence-electron chi connectivity index (χ4n) is 3.51. The molecular formula is C21H29N3O2. The Morgan fingerprint density at radius 3 is 2.62 bits per heavy atom. The Morgan fingerprint density at radius 1 is 1.23 bits per heavy atom. The van der Waals surface area contributed by atoms with Gasteiger partial charge < -0.3 is 9.26 Å². The predicted octanol–water partition coefficient (Wildman–Crippen LogP) is 4.66. The number of nitrogens with zero attached hydrogens (tertiary/aromatic N) is 3. The maximum absolute atomic E-state index is 5.61. The lowest BCUT2D eigenvalue weighted by atomic mass is 9.93. The van der Waals surface area contributed by atoms with Crippen LogP contribution < -0.4 is 0 Å². The number of ether oxygens (including phenoxy) is 1. The summed E-state index contributed by atoms with van der Waals surface area (Å²) in [5.41, 5.74) is 3.40. The Kier molecular flexibility index (Phi) is 6.56. The second kappa shape index (κ2) is 9.08. The fraction of sp³-hybridized carbons (Fsp3) is 0.571. The van der Waals surface area contributed by atoms with Gasteiger partial charge >= 0.3 is 0 Å². The van der Waals surface area contributed by atoms with Crippen LogP contribution in [0.1, 0.15) is 62.4 Å². The van der Waals surface area contributed by atoms with E-state index in [1.165, 1.54) is 5.56 Å². The first-order valence-corrected chi connectivity index (χ1v) is 9.71. The van der Waals surface area contributed by atoms with Gasteiger partial charge in [0.05, 0.1) is 13.2 Å². The summed E-state index contributed by atoms with van der Waals surface area (Å²) in [6.07, 6.45) is 7.37. The molecule has 0 atom stereocenters. The maximum atomic E-state index is 5.61. The highest BCUT2D eigenvalue weighted by Gasteiger charge is 2.21. The standard InChI is InChI=1S/C21H29N3O2/c1-4-6-16(7-5-2)20-23-21(26-24-20)17-8-9-18(12-22-3)19(11-17)10-15-13-25-14-15/h8-9,11-12,15-16H,4-7,10,13-14H2,1-3H3. The van der Waals surface area contributed by atoms with Crippen molar-refractivity contribution in [3.8, 4) is 11.5 Å². The molecule has 0 unspecified atom stereocenters. The lowest BCUT2D eigenvalue weighted by Crippen LogP contribution is -2.29. The minimum Gasteiger partial charge on any atom is -0.381 e. The van der Waals surface area contributed by atoms with Crippen molar-refractivity contribution in [2.24, 2.45) is 10.9 Å². The average Bonchev–Trinajstić information content (AvgIpc) is 3.09. The predicted molar refractivity (Wildman–Crippen MR) is 104 cm³/mol. The lowest BCUT2D eigenvalue weighted by molar-refractivity contribution is -0.0312. The molecule has 0 spiro atoms. The Labute approximate surface area is 155 Å². The molecule has 0 amide bonds. The number of aliphatic imine (C=N–C) groups is 1. The van der Waals surface area contributed by atoms with Gasteiger partial charge in [0, 0.05) is 30.7 Å². The third kappa shape index (κ3) is 4.39. The van der Waals surface area contributed by atoms with Crippen molar-refractivity contribution < 1.29 is 9.26 Å². The number of aromatic nitrogens is 2. The summed E-state index contributed by atoms with van der Waals surface area (Å²) < 4.78 is 10.9. The molecule has 3 rings (SSSR count). The summed E-state index contributed by atoms with van der Waals surface area (Å²) in [4.78, 5) is 8.89. The van der Waals surface area contributed by atoms with Crippen molar-refractivity contribution in [1.29, 1.82) is 0 Å². The molecule has 1 aliphatic rings. The van der Waals surface area contributed by atoms with Gasteiger partial charge in [0.15, 0.2) is 5.82 Å². The Morgan fingerprint density at radius 2 is 2.00 bits per heavy atom. The molecular weight excluding hydrogens is 326 g/mol. The molecule has 2 aromatic rings. The number of hydrogen-bond donors (Lipinski definition) is 0. The molecule has 0 radical (unpaired) electrons. The minimum absolute atomic E-state index is 0.389. The second-order valence-electron chi connectivity index (χ2n) is 7.14. The quantitative estimate of drug-likeness (QED) is 0.614. The molecule has 5 heteroatoms. The van der Waals surface area contributed by atoms with Crippen LogP contribution in [0.3, 0.4) is 0 Å². The third-order valence-electron chi connectivity index (χ3n) is 4.95. The monoisotopic (exact) mass is 355 g/mol. The average molecular weight is 355 g/mol. The lowest BCUT2D eigenvalue weighted by Gasteiger charge is -2.26. The Hall–Kier alpha value is -2.01. The highest BCUT2D eigenvalue weighted by molar-refractivity contribution is 5.83. The smallest absolute Gasteiger partial charge is 0.257 e. The van der Waals surface area contributed by atoms with Crippen molar-refractivity contribution >= 4 is 6.21 Å². The first-order chi connectivity index (χ1) is 12.7. The zero-order chi connectivity index (χ0) is 18.4. The largest absolute Gasteiger partial charge is 0.381 e. The van der Waals surface area contributed by atoms with Crippen LogP contribution in [-0.4, -0.2) is 36.6 Å². The van der Waals surface area contributed by atoms with E-state index < -0.39 is 0 Å². The van der Waals surface area contributed by atoms with Gasteiger partial charge in [-0.1, -0.05) is 37.9 Å². The summed E-state index contributed by atoms with van der Waals surface area (Å²) in [7, 11) is 1.80. The van der Waals surface area contributed by atoms with E-state index in [-0.39, 0.29) is 0 Å². The molecule has 0 saturated carbocycles. The van der Waals surface area contributed by atoms with E-state index in [1.54, 1.807) is 7.05 Å². The number of benzene rings is 1. The molecule has 1 saturated heterocycles. The Bertz CT molecular complexity index is 729. The molecule has 1 fully saturated rings. The van der Waals surface area contributed by atoms with Gasteiger partial charge in [-0.3, -0.25) is 4.99 Å². The topological polar surface area (TPSA) is 60.5 Å². The Balaban J connectivity index is 1.85. The van der Waals surface area contributed by atoms with Crippen LogP contribution in [0, 0.1) is 5.92 Å². The molecule has 0 bridgehead atoms. The van der Waals surface area contributed by atoms with Gasteiger partial charge in [0.2, 0.25) is 0 Å². The van der Waals surface area contributed by atoms with Crippen molar-refractivity contribution in [2.45, 2.75) is 51.9 Å². The highest BCUT2D eigenvalue weighted by Crippen LogP contribution is 2.28. The molecule has 1 aliphatic heterocycles. The van der Waals surface area contributed by atoms with Crippen LogP contribution in [-0.2, 0) is 11.2 Å². The minimum atomic E-state index is 0.389. The van der Waals surface area contributed by atoms with Crippen LogP contribution in [0.15, 0.2) is 27.7 Å². The molecule has 1 aromatic heterocycles. The van der Waals surface area contributed by atoms with E-state index in [0.29, 0.717) is 17.7 Å². The van der Waals surface area contributed by atoms with E-state index >= 15 is 0 Å². The summed E-state index contributed by atoms with van der Waals surface area (Å²) >= 11 is 0. The van der Waals surface area contributed by atoms with Gasteiger partial charge in [-0.05, 0) is 42.5 Å². The normalized spacial score (nSPS) is 15.1. The van der Waals surface area contributed by atoms with E-state index in [4.69, 9.17) is 14.2 Å². The summed E-state index contributed by atoms with van der Waals surface area (Å²) in [5.74, 6) is 2.44. The highest BCUT2D eigenvalue weighted by atomic mass is 16.5. The van der Waals surface area contributed by atoms with E-state index in [2.05, 4.69) is 36.1 Å². The fourth-order valence-corrected chi connectivity index (χ4v) is 3.51. The molecule has 0 aliphatic carbocycles. The molecule has 140 valence electrons. The maximum Gasteiger partial charge on any atom is 0.257 e. The van der Waals surface area contributed by atoms with E-state index in [9.17, 15) is 0 Å². The first-order valence-electron chi connectivity index (χ1n) is 9.71. The molecule has 26 heavy (non-hydrogen) atoms. The van der Waals surface area contributed by atoms with Gasteiger partial charge in [-0.25, -0.2) is 0 Å². The van der Waals surface area contributed by atoms with Gasteiger partial charge in [-0.2, -0.15) is 4.98 Å². The summed E-state index contributed by atoms with van der Waals surface area (Å²) in [6.45, 7) is 6.09. The van der Waals surface area contributed by atoms with Gasteiger partial charge in [0.25, 0.3) is 5.89 Å². The third-order valence-corrected chi connectivity index (χ3v) is 4.95. The molecule has 0 N–H and O–H groups in total. The van der Waals surface area contributed by atoms with Crippen LogP contribution in [0.25, 0.3) is 11.5 Å². The van der Waals surface area contributed by atoms with Crippen molar-refractivity contribution in [3.05, 3.63) is 35.2 Å².